The van der Waals surface area contributed by atoms with Crippen molar-refractivity contribution in [3.05, 3.63) is 121 Å². The Morgan fingerprint density at radius 1 is 0.373 bits per heavy atom. The van der Waals surface area contributed by atoms with Gasteiger partial charge in [0.25, 0.3) is 0 Å². The molecule has 59 heavy (non-hydrogen) atoms. The Hall–Kier alpha value is -2.54. The first-order valence-corrected chi connectivity index (χ1v) is 25.5. The quantitative estimate of drug-likeness (QED) is 0.0484. The van der Waals surface area contributed by atoms with Crippen molar-refractivity contribution in [2.45, 2.75) is 66.0 Å². The Balaban J connectivity index is 0.00000291. The molecular weight excluding hydrogens is 774 g/mol. The molecule has 0 heterocycles. The number of rotatable bonds is 26. The van der Waals surface area contributed by atoms with Crippen LogP contribution in [0.5, 0.6) is 0 Å². The van der Waals surface area contributed by atoms with Crippen molar-refractivity contribution in [2.24, 2.45) is 5.41 Å². The molecule has 4 rings (SSSR count). The fourth-order valence-electron chi connectivity index (χ4n) is 7.40. The summed E-state index contributed by atoms with van der Waals surface area (Å²) in [6, 6.07) is 45.3. The van der Waals surface area contributed by atoms with E-state index in [9.17, 15) is 0 Å². The third kappa shape index (κ3) is 18.1. The summed E-state index contributed by atoms with van der Waals surface area (Å²) in [6.07, 6.45) is 6.80. The summed E-state index contributed by atoms with van der Waals surface area (Å²) in [6.45, 7) is 20.1. The number of benzene rings is 4. The molecule has 0 atom stereocenters. The van der Waals surface area contributed by atoms with E-state index >= 15 is 0 Å². The van der Waals surface area contributed by atoms with Crippen molar-refractivity contribution in [3.8, 4) is 0 Å². The van der Waals surface area contributed by atoms with Crippen LogP contribution in [0.15, 0.2) is 121 Å². The van der Waals surface area contributed by atoms with Gasteiger partial charge in [0.15, 0.2) is 0 Å². The number of unbranched alkanes of at least 4 members (excludes halogenated alkanes) is 1. The van der Waals surface area contributed by atoms with Crippen molar-refractivity contribution < 1.29 is 33.9 Å². The Kier molecular flexibility index (Phi) is 26.4. The monoisotopic (exact) mass is 853 g/mol. The average molecular weight is 853 g/mol. The highest BCUT2D eigenvalue weighted by Crippen LogP contribution is 2.67. The Morgan fingerprint density at radius 2 is 0.678 bits per heavy atom. The highest BCUT2D eigenvalue weighted by Gasteiger charge is 2.52. The normalized spacial score (nSPS) is 12.0. The Bertz CT molecular complexity index is 1480. The van der Waals surface area contributed by atoms with E-state index in [1.807, 2.05) is 0 Å². The molecule has 0 spiro atoms. The van der Waals surface area contributed by atoms with E-state index in [0.29, 0.717) is 64.9 Å². The summed E-state index contributed by atoms with van der Waals surface area (Å²) >= 11 is 0. The lowest BCUT2D eigenvalue weighted by Crippen LogP contribution is -2.38. The average Bonchev–Trinajstić information content (AvgIpc) is 3.26. The van der Waals surface area contributed by atoms with E-state index in [1.54, 1.807) is 0 Å². The topological polar surface area (TPSA) is 86.6 Å². The molecule has 0 aliphatic carbocycles. The van der Waals surface area contributed by atoms with Gasteiger partial charge in [-0.3, -0.25) is 0 Å². The van der Waals surface area contributed by atoms with Crippen LogP contribution in [0.4, 0.5) is 0 Å². The van der Waals surface area contributed by atoms with Gasteiger partial charge in [0.2, 0.25) is 0 Å². The molecule has 0 unspecified atom stereocenters. The number of aliphatic hydroxyl groups excluding tert-OH is 2. The lowest BCUT2D eigenvalue weighted by molar-refractivity contribution is -0.0115. The summed E-state index contributed by atoms with van der Waals surface area (Å²) in [5, 5.41) is 20.1. The molecule has 0 saturated carbocycles. The first-order chi connectivity index (χ1) is 28.6. The van der Waals surface area contributed by atoms with Crippen LogP contribution in [0.3, 0.4) is 0 Å². The smallest absolute Gasteiger partial charge is 0.0997 e. The second kappa shape index (κ2) is 29.7. The van der Waals surface area contributed by atoms with Gasteiger partial charge >= 0.3 is 0 Å². The van der Waals surface area contributed by atoms with Crippen LogP contribution in [0, 0.1) is 5.41 Å². The molecule has 7 nitrogen and oxygen atoms in total. The third-order valence-electron chi connectivity index (χ3n) is 10.4. The van der Waals surface area contributed by atoms with E-state index in [0.717, 1.165) is 33.4 Å². The fraction of sp³-hybridized carbons (Fsp3) is 0.520. The van der Waals surface area contributed by atoms with Gasteiger partial charge in [-0.1, -0.05) is 93.6 Å². The molecule has 0 aliphatic rings. The molecule has 4 aromatic carbocycles. The van der Waals surface area contributed by atoms with Gasteiger partial charge in [0, 0.05) is 20.8 Å². The second-order valence-corrected chi connectivity index (χ2v) is 24.8. The molecule has 0 radical (unpaired) electrons. The molecule has 0 amide bonds. The predicted octanol–water partition coefficient (Wildman–Crippen LogP) is 8.64. The third-order valence-corrected chi connectivity index (χ3v) is 20.7. The maximum absolute atomic E-state index is 7.00. The first-order valence-electron chi connectivity index (χ1n) is 21.3. The van der Waals surface area contributed by atoms with Crippen molar-refractivity contribution >= 4 is 35.7 Å². The zero-order chi connectivity index (χ0) is 43.3. The first kappa shape index (κ1) is 52.6. The van der Waals surface area contributed by atoms with Crippen LogP contribution < -0.4 is 21.2 Å². The lowest BCUT2D eigenvalue weighted by Gasteiger charge is -2.38. The molecule has 0 aromatic heterocycles. The number of hydrogen-bond donors (Lipinski definition) is 2. The molecule has 4 aromatic rings. The van der Waals surface area contributed by atoms with E-state index in [2.05, 4.69) is 163 Å². The molecule has 0 saturated heterocycles. The molecule has 0 aliphatic heterocycles. The molecule has 328 valence electrons. The summed E-state index contributed by atoms with van der Waals surface area (Å²) in [7, 11) is -1.47. The minimum absolute atomic E-state index is 0.137. The van der Waals surface area contributed by atoms with Gasteiger partial charge in [-0.15, -0.1) is 0 Å². The van der Waals surface area contributed by atoms with Crippen LogP contribution in [-0.4, -0.2) is 114 Å². The van der Waals surface area contributed by atoms with Gasteiger partial charge in [-0.05, 0) is 94.0 Å². The lowest BCUT2D eigenvalue weighted by atomic mass is 9.93. The summed E-state index contributed by atoms with van der Waals surface area (Å²) < 4.78 is 29.1. The maximum Gasteiger partial charge on any atom is 0.0997 e. The zero-order valence-corrected chi connectivity index (χ0v) is 39.5. The minimum atomic E-state index is -1.76. The van der Waals surface area contributed by atoms with Gasteiger partial charge in [-0.25, -0.2) is 0 Å². The number of aliphatic hydroxyl groups is 2. The summed E-state index contributed by atoms with van der Waals surface area (Å²) in [5.74, 6) is 0. The second-order valence-electron chi connectivity index (χ2n) is 16.5. The predicted molar refractivity (Wildman–Crippen MR) is 256 cm³/mol. The number of hydrogen-bond acceptors (Lipinski definition) is 7. The van der Waals surface area contributed by atoms with Crippen LogP contribution >= 0.6 is 14.5 Å². The van der Waals surface area contributed by atoms with Crippen molar-refractivity contribution in [2.75, 3.05) is 98.8 Å². The van der Waals surface area contributed by atoms with Crippen LogP contribution in [0.25, 0.3) is 0 Å². The van der Waals surface area contributed by atoms with Gasteiger partial charge < -0.3 is 33.9 Å². The SMILES string of the molecule is CC(C)(C)CCOCCOCCOCCOCCOCC[P+](CCCC[P+](c1ccccc1)(c1ccccc1)C(C)(C)C)(c1ccccc1)c1ccccc1.CO.CO. The van der Waals surface area contributed by atoms with Crippen LogP contribution in [-0.2, 0) is 23.7 Å². The fourth-order valence-corrected chi connectivity index (χ4v) is 16.7. The minimum Gasteiger partial charge on any atom is -0.400 e. The molecule has 0 fully saturated rings. The summed E-state index contributed by atoms with van der Waals surface area (Å²) in [4.78, 5) is 0. The van der Waals surface area contributed by atoms with Crippen molar-refractivity contribution in [1.29, 1.82) is 0 Å². The standard InChI is InChI=1S/C48H70O5P2.2CH4O/c1-47(2,3)29-30-49-31-32-50-33-34-51-35-36-52-37-38-53-39-42-54(43-21-11-7-12-22-43,44-23-13-8-14-24-44)40-19-20-41-55(48(4,5)6,45-25-15-9-16-26-45)46-27-17-10-18-28-46;2*1-2/h7-18,21-28H,19-20,29-42H2,1-6H3;2*2H,1H3/q+2;;. The van der Waals surface area contributed by atoms with E-state index in [4.69, 9.17) is 33.9 Å². The molecule has 9 heteroatoms. The zero-order valence-electron chi connectivity index (χ0n) is 37.7. The molecule has 0 bridgehead atoms. The Morgan fingerprint density at radius 3 is 1.02 bits per heavy atom. The highest BCUT2D eigenvalue weighted by molar-refractivity contribution is 7.91. The number of ether oxygens (including phenoxy) is 5. The largest absolute Gasteiger partial charge is 0.400 e. The van der Waals surface area contributed by atoms with E-state index in [1.165, 1.54) is 46.4 Å². The van der Waals surface area contributed by atoms with E-state index in [-0.39, 0.29) is 5.16 Å². The van der Waals surface area contributed by atoms with Crippen LogP contribution in [0.1, 0.15) is 60.8 Å². The van der Waals surface area contributed by atoms with Crippen LogP contribution in [0.2, 0.25) is 0 Å². The maximum atomic E-state index is 7.00. The van der Waals surface area contributed by atoms with Crippen molar-refractivity contribution in [1.82, 2.24) is 0 Å². The van der Waals surface area contributed by atoms with Gasteiger partial charge in [-0.2, -0.15) is 0 Å². The Labute approximate surface area is 359 Å². The highest BCUT2D eigenvalue weighted by atomic mass is 31.2. The van der Waals surface area contributed by atoms with E-state index < -0.39 is 14.5 Å². The summed E-state index contributed by atoms with van der Waals surface area (Å²) in [5.41, 5.74) is 0.301. The van der Waals surface area contributed by atoms with Gasteiger partial charge in [0.1, 0.15) is 0 Å². The van der Waals surface area contributed by atoms with Gasteiger partial charge in [0.05, 0.1) is 119 Å². The van der Waals surface area contributed by atoms with Crippen molar-refractivity contribution in [3.63, 3.8) is 0 Å². The molecular formula is C50H78O7P2+2. The molecule has 2 N–H and O–H groups in total.